The molecule has 0 unspecified atom stereocenters. The number of amides is 2. The molecule has 7 heterocycles. The van der Waals surface area contributed by atoms with Gasteiger partial charge in [-0.15, -0.1) is 10.2 Å². The van der Waals surface area contributed by atoms with Gasteiger partial charge in [-0.1, -0.05) is 24.3 Å². The predicted molar refractivity (Wildman–Crippen MR) is 221 cm³/mol. The standard InChI is InChI=1S/C43H51N11O4/c44-41-37(22-34(48-49-41)33-4-1-2-7-38(33)55)52-25-29-12-13-30(26-52)54(29)43-45-23-31(24-46-43)51-18-16-50(17-19-51)28-10-8-27(9-11-28)32-5-3-6-35-40(32)58-21-20-53(35)36-14-15-39(56)47-42(36)57/h1-7,22-24,27-30,36,55H,8-21,25-26H2,(H2,44,49)(H,47,56,57)/t27?,28?,29-,30+,36-/m0/s1. The Labute approximate surface area is 338 Å². The Bertz CT molecular complexity index is 2160. The molecule has 2 amide bonds. The molecule has 15 heteroatoms. The van der Waals surface area contributed by atoms with E-state index in [4.69, 9.17) is 20.4 Å². The Hall–Kier alpha value is -5.70. The summed E-state index contributed by atoms with van der Waals surface area (Å²) in [6.45, 7) is 6.69. The maximum absolute atomic E-state index is 12.7. The molecule has 4 aromatic rings. The van der Waals surface area contributed by atoms with Crippen molar-refractivity contribution < 1.29 is 19.4 Å². The van der Waals surface area contributed by atoms with Gasteiger partial charge in [-0.25, -0.2) is 9.97 Å². The number of nitrogens with two attached hydrogens (primary N) is 1. The number of benzene rings is 2. The molecule has 1 saturated carbocycles. The van der Waals surface area contributed by atoms with Crippen molar-refractivity contribution in [3.8, 4) is 22.8 Å². The first-order valence-electron chi connectivity index (χ1n) is 21.0. The van der Waals surface area contributed by atoms with E-state index in [-0.39, 0.29) is 35.7 Å². The van der Waals surface area contributed by atoms with Crippen LogP contribution in [0.4, 0.5) is 28.8 Å². The van der Waals surface area contributed by atoms with E-state index in [0.29, 0.717) is 55.0 Å². The van der Waals surface area contributed by atoms with Crippen LogP contribution < -0.4 is 35.4 Å². The van der Waals surface area contributed by atoms with Crippen LogP contribution >= 0.6 is 0 Å². The number of phenols is 1. The van der Waals surface area contributed by atoms with Gasteiger partial charge in [0.15, 0.2) is 5.82 Å². The lowest BCUT2D eigenvalue weighted by Crippen LogP contribution is -2.55. The highest BCUT2D eigenvalue weighted by molar-refractivity contribution is 6.02. The first-order chi connectivity index (χ1) is 28.4. The highest BCUT2D eigenvalue weighted by Crippen LogP contribution is 2.45. The molecule has 5 fully saturated rings. The molecule has 5 aliphatic heterocycles. The zero-order valence-electron chi connectivity index (χ0n) is 32.7. The van der Waals surface area contributed by atoms with Crippen molar-refractivity contribution in [2.45, 2.75) is 81.5 Å². The summed E-state index contributed by atoms with van der Waals surface area (Å²) >= 11 is 0. The van der Waals surface area contributed by atoms with Crippen molar-refractivity contribution in [2.24, 2.45) is 0 Å². The molecule has 58 heavy (non-hydrogen) atoms. The van der Waals surface area contributed by atoms with E-state index in [1.807, 2.05) is 30.6 Å². The summed E-state index contributed by atoms with van der Waals surface area (Å²) in [5.41, 5.74) is 11.8. The Morgan fingerprint density at radius 3 is 2.26 bits per heavy atom. The Morgan fingerprint density at radius 1 is 0.776 bits per heavy atom. The number of aromatic hydroxyl groups is 1. The molecule has 4 saturated heterocycles. The van der Waals surface area contributed by atoms with Crippen LogP contribution in [-0.2, 0) is 9.59 Å². The number of aromatic nitrogens is 4. The molecule has 0 spiro atoms. The van der Waals surface area contributed by atoms with Crippen molar-refractivity contribution in [1.29, 1.82) is 0 Å². The third kappa shape index (κ3) is 6.78. The molecule has 1 aliphatic carbocycles. The minimum Gasteiger partial charge on any atom is -0.507 e. The fourth-order valence-electron chi connectivity index (χ4n) is 10.5. The normalized spacial score (nSPS) is 26.3. The largest absolute Gasteiger partial charge is 0.507 e. The van der Waals surface area contributed by atoms with Crippen LogP contribution in [0.1, 0.15) is 62.8 Å². The lowest BCUT2D eigenvalue weighted by Gasteiger charge is -2.43. The van der Waals surface area contributed by atoms with Crippen LogP contribution in [0.15, 0.2) is 60.9 Å². The second kappa shape index (κ2) is 15.2. The van der Waals surface area contributed by atoms with Gasteiger partial charge in [-0.2, -0.15) is 0 Å². The summed E-state index contributed by atoms with van der Waals surface area (Å²) < 4.78 is 6.30. The van der Waals surface area contributed by atoms with Gasteiger partial charge in [-0.3, -0.25) is 19.8 Å². The highest BCUT2D eigenvalue weighted by atomic mass is 16.5. The molecular weight excluding hydrogens is 735 g/mol. The minimum atomic E-state index is -0.336. The van der Waals surface area contributed by atoms with Gasteiger partial charge in [0.05, 0.1) is 41.7 Å². The number of anilines is 5. The molecule has 2 aromatic carbocycles. The van der Waals surface area contributed by atoms with Gasteiger partial charge >= 0.3 is 0 Å². The van der Waals surface area contributed by atoms with Crippen LogP contribution in [0.2, 0.25) is 0 Å². The van der Waals surface area contributed by atoms with Crippen molar-refractivity contribution in [3.63, 3.8) is 0 Å². The van der Waals surface area contributed by atoms with E-state index < -0.39 is 0 Å². The quantitative estimate of drug-likeness (QED) is 0.231. The van der Waals surface area contributed by atoms with E-state index in [9.17, 15) is 14.7 Å². The van der Waals surface area contributed by atoms with Gasteiger partial charge in [-0.05, 0) is 80.7 Å². The zero-order chi connectivity index (χ0) is 39.3. The average Bonchev–Trinajstić information content (AvgIpc) is 3.52. The van der Waals surface area contributed by atoms with E-state index >= 15 is 0 Å². The third-order valence-electron chi connectivity index (χ3n) is 13.5. The van der Waals surface area contributed by atoms with Gasteiger partial charge < -0.3 is 35.2 Å². The van der Waals surface area contributed by atoms with E-state index in [0.717, 1.165) is 107 Å². The van der Waals surface area contributed by atoms with E-state index in [2.05, 4.69) is 58.2 Å². The number of imide groups is 1. The number of piperazine rings is 2. The summed E-state index contributed by atoms with van der Waals surface area (Å²) in [5.74, 6) is 2.31. The highest BCUT2D eigenvalue weighted by Gasteiger charge is 2.42. The number of piperidine rings is 1. The summed E-state index contributed by atoms with van der Waals surface area (Å²) in [6, 6.07) is 16.2. The van der Waals surface area contributed by atoms with Crippen LogP contribution in [0.5, 0.6) is 11.5 Å². The number of rotatable bonds is 7. The topological polar surface area (TPSA) is 169 Å². The fraction of sp³-hybridized carbons (Fsp3) is 0.488. The van der Waals surface area contributed by atoms with Crippen LogP contribution in [0.3, 0.4) is 0 Å². The number of carbonyl (C=O) groups excluding carboxylic acids is 2. The van der Waals surface area contributed by atoms with Crippen LogP contribution in [0, 0.1) is 0 Å². The van der Waals surface area contributed by atoms with E-state index in [1.54, 1.807) is 12.1 Å². The van der Waals surface area contributed by atoms with Crippen molar-refractivity contribution in [3.05, 3.63) is 66.5 Å². The number of phenolic OH excluding ortho intramolecular Hbond substituents is 1. The summed E-state index contributed by atoms with van der Waals surface area (Å²) in [6.07, 6.45) is 11.6. The number of nitrogen functional groups attached to an aromatic ring is 1. The maximum Gasteiger partial charge on any atom is 0.249 e. The average molecular weight is 786 g/mol. The van der Waals surface area contributed by atoms with Gasteiger partial charge in [0.25, 0.3) is 0 Å². The first kappa shape index (κ1) is 36.6. The monoisotopic (exact) mass is 785 g/mol. The van der Waals surface area contributed by atoms with Crippen LogP contribution in [-0.4, -0.2) is 119 Å². The molecule has 4 N–H and O–H groups in total. The minimum absolute atomic E-state index is 0.167. The number of para-hydroxylation sites is 2. The zero-order valence-corrected chi connectivity index (χ0v) is 32.7. The van der Waals surface area contributed by atoms with Crippen LogP contribution in [0.25, 0.3) is 11.3 Å². The Morgan fingerprint density at radius 2 is 1.52 bits per heavy atom. The third-order valence-corrected chi connectivity index (χ3v) is 13.5. The lowest BCUT2D eigenvalue weighted by atomic mass is 9.80. The molecule has 10 rings (SSSR count). The fourth-order valence-corrected chi connectivity index (χ4v) is 10.5. The summed E-state index contributed by atoms with van der Waals surface area (Å²) in [5, 5.41) is 21.5. The second-order valence-corrected chi connectivity index (χ2v) is 16.7. The van der Waals surface area contributed by atoms with Gasteiger partial charge in [0.2, 0.25) is 17.8 Å². The summed E-state index contributed by atoms with van der Waals surface area (Å²) in [7, 11) is 0. The molecule has 2 bridgehead atoms. The molecule has 302 valence electrons. The first-order valence-corrected chi connectivity index (χ1v) is 21.0. The second-order valence-electron chi connectivity index (χ2n) is 16.7. The number of nitrogens with zero attached hydrogens (tertiary/aromatic N) is 9. The molecular formula is C43H51N11O4. The number of ether oxygens (including phenoxy) is 1. The predicted octanol–water partition coefficient (Wildman–Crippen LogP) is 3.93. The number of carbonyl (C=O) groups is 2. The molecule has 6 aliphatic rings. The number of hydrogen-bond acceptors (Lipinski definition) is 14. The van der Waals surface area contributed by atoms with Gasteiger partial charge in [0, 0.05) is 69.4 Å². The molecule has 3 atom stereocenters. The maximum atomic E-state index is 12.7. The number of hydrogen-bond donors (Lipinski definition) is 3. The molecule has 2 aromatic heterocycles. The Kier molecular flexibility index (Phi) is 9.62. The lowest BCUT2D eigenvalue weighted by molar-refractivity contribution is -0.134. The Balaban J connectivity index is 0.733. The van der Waals surface area contributed by atoms with Crippen molar-refractivity contribution in [1.82, 2.24) is 30.4 Å². The SMILES string of the molecule is Nc1nnc(-c2ccccc2O)cc1N1C[C@H]2CC[C@@H](C1)N2c1ncc(N2CCN(C3CCC(c4cccc5c4OCCN5[C@H]4CCC(=O)NC4=O)CC3)CC2)cn1. The molecule has 0 radical (unpaired) electrons. The number of nitrogens with one attached hydrogen (secondary N) is 1. The van der Waals surface area contributed by atoms with Crippen molar-refractivity contribution in [2.75, 3.05) is 77.8 Å². The number of fused-ring (bicyclic) bond motifs is 3. The van der Waals surface area contributed by atoms with E-state index in [1.165, 1.54) is 5.56 Å². The smallest absolute Gasteiger partial charge is 0.249 e. The summed E-state index contributed by atoms with van der Waals surface area (Å²) in [4.78, 5) is 46.3. The molecule has 15 nitrogen and oxygen atoms in total. The van der Waals surface area contributed by atoms with Crippen molar-refractivity contribution >= 4 is 40.6 Å². The van der Waals surface area contributed by atoms with Gasteiger partial charge in [0.1, 0.15) is 24.1 Å².